The summed E-state index contributed by atoms with van der Waals surface area (Å²) in [5, 5.41) is 15.9. The van der Waals surface area contributed by atoms with Crippen LogP contribution in [0.2, 0.25) is 0 Å². The number of methoxy groups -OCH3 is 1. The molecule has 0 bridgehead atoms. The number of amides is 2. The molecule has 190 valence electrons. The standard InChI is InChI=1S/C26H33N7O3/c1-17(2)26(35)32-10-8-19(9-11-32)16-33-30-24(29-31-33)21-12-18(3)28-23(14-21)25(34)27-15-20-6-5-7-22(13-20)36-4/h5-7,12-14,17,19H,8-11,15-16H2,1-4H3,(H,27,34). The van der Waals surface area contributed by atoms with Gasteiger partial charge in [0.1, 0.15) is 11.4 Å². The van der Waals surface area contributed by atoms with Crippen LogP contribution in [0.5, 0.6) is 5.75 Å². The van der Waals surface area contributed by atoms with Gasteiger partial charge < -0.3 is 15.0 Å². The number of aryl methyl sites for hydroxylation is 1. The number of carbonyl (C=O) groups is 2. The number of nitrogens with one attached hydrogen (secondary N) is 1. The van der Waals surface area contributed by atoms with E-state index in [1.807, 2.05) is 56.0 Å². The van der Waals surface area contributed by atoms with Crippen LogP contribution in [0.1, 0.15) is 48.4 Å². The van der Waals surface area contributed by atoms with Crippen molar-refractivity contribution >= 4 is 11.8 Å². The van der Waals surface area contributed by atoms with Crippen LogP contribution in [0.3, 0.4) is 0 Å². The zero-order chi connectivity index (χ0) is 25.7. The Bertz CT molecular complexity index is 1220. The summed E-state index contributed by atoms with van der Waals surface area (Å²) in [4.78, 5) is 33.0. The maximum absolute atomic E-state index is 12.8. The van der Waals surface area contributed by atoms with Crippen LogP contribution < -0.4 is 10.1 Å². The first-order chi connectivity index (χ1) is 17.3. The average molecular weight is 492 g/mol. The molecule has 2 aromatic heterocycles. The highest BCUT2D eigenvalue weighted by atomic mass is 16.5. The van der Waals surface area contributed by atoms with Gasteiger partial charge in [0.15, 0.2) is 0 Å². The fourth-order valence-corrected chi connectivity index (χ4v) is 4.34. The molecule has 1 aliphatic heterocycles. The van der Waals surface area contributed by atoms with Gasteiger partial charge in [-0.05, 0) is 60.7 Å². The van der Waals surface area contributed by atoms with E-state index in [2.05, 4.69) is 25.7 Å². The summed E-state index contributed by atoms with van der Waals surface area (Å²) in [7, 11) is 1.61. The lowest BCUT2D eigenvalue weighted by molar-refractivity contribution is -0.135. The van der Waals surface area contributed by atoms with Gasteiger partial charge in [-0.3, -0.25) is 9.59 Å². The molecule has 36 heavy (non-hydrogen) atoms. The van der Waals surface area contributed by atoms with Crippen molar-refractivity contribution < 1.29 is 14.3 Å². The highest BCUT2D eigenvalue weighted by molar-refractivity contribution is 5.93. The minimum absolute atomic E-state index is 0.0266. The van der Waals surface area contributed by atoms with Gasteiger partial charge >= 0.3 is 0 Å². The number of aromatic nitrogens is 5. The molecule has 1 saturated heterocycles. The lowest BCUT2D eigenvalue weighted by atomic mass is 9.96. The summed E-state index contributed by atoms with van der Waals surface area (Å²) in [5.41, 5.74) is 2.61. The Labute approximate surface area is 211 Å². The molecule has 1 aromatic carbocycles. The Morgan fingerprint density at radius 1 is 1.17 bits per heavy atom. The van der Waals surface area contributed by atoms with Gasteiger partial charge in [-0.2, -0.15) is 4.80 Å². The largest absolute Gasteiger partial charge is 0.497 e. The van der Waals surface area contributed by atoms with E-state index in [0.29, 0.717) is 41.8 Å². The van der Waals surface area contributed by atoms with Crippen molar-refractivity contribution in [2.75, 3.05) is 20.2 Å². The Morgan fingerprint density at radius 2 is 1.94 bits per heavy atom. The third-order valence-corrected chi connectivity index (χ3v) is 6.33. The molecule has 10 heteroatoms. The predicted octanol–water partition coefficient (Wildman–Crippen LogP) is 2.88. The van der Waals surface area contributed by atoms with Gasteiger partial charge in [0.25, 0.3) is 5.91 Å². The van der Waals surface area contributed by atoms with Crippen LogP contribution in [-0.4, -0.2) is 62.1 Å². The summed E-state index contributed by atoms with van der Waals surface area (Å²) in [6.07, 6.45) is 1.84. The Kier molecular flexibility index (Phi) is 7.92. The van der Waals surface area contributed by atoms with E-state index < -0.39 is 0 Å². The molecule has 2 amide bonds. The molecule has 0 spiro atoms. The van der Waals surface area contributed by atoms with Crippen LogP contribution in [0, 0.1) is 18.8 Å². The van der Waals surface area contributed by atoms with E-state index in [1.165, 1.54) is 0 Å². The molecule has 3 heterocycles. The van der Waals surface area contributed by atoms with E-state index >= 15 is 0 Å². The minimum Gasteiger partial charge on any atom is -0.497 e. The average Bonchev–Trinajstić information content (AvgIpc) is 3.35. The van der Waals surface area contributed by atoms with Crippen LogP contribution >= 0.6 is 0 Å². The van der Waals surface area contributed by atoms with E-state index in [-0.39, 0.29) is 17.7 Å². The first-order valence-corrected chi connectivity index (χ1v) is 12.3. The van der Waals surface area contributed by atoms with Gasteiger partial charge in [0.2, 0.25) is 11.7 Å². The highest BCUT2D eigenvalue weighted by Gasteiger charge is 2.25. The molecule has 0 radical (unpaired) electrons. The van der Waals surface area contributed by atoms with Crippen LogP contribution in [0.25, 0.3) is 11.4 Å². The SMILES string of the molecule is COc1cccc(CNC(=O)c2cc(-c3nnn(CC4CCN(C(=O)C(C)C)CC4)n3)cc(C)n2)c1. The summed E-state index contributed by atoms with van der Waals surface area (Å²) < 4.78 is 5.24. The Balaban J connectivity index is 1.38. The summed E-state index contributed by atoms with van der Waals surface area (Å²) in [6, 6.07) is 11.1. The molecule has 3 aromatic rings. The topological polar surface area (TPSA) is 115 Å². The molecule has 1 fully saturated rings. The molecule has 0 atom stereocenters. The van der Waals surface area contributed by atoms with E-state index in [1.54, 1.807) is 18.0 Å². The maximum atomic E-state index is 12.8. The number of benzene rings is 1. The summed E-state index contributed by atoms with van der Waals surface area (Å²) in [5.74, 6) is 1.54. The lowest BCUT2D eigenvalue weighted by Gasteiger charge is -2.32. The Hall–Kier alpha value is -3.82. The first-order valence-electron chi connectivity index (χ1n) is 12.3. The maximum Gasteiger partial charge on any atom is 0.270 e. The summed E-state index contributed by atoms with van der Waals surface area (Å²) in [6.45, 7) is 8.24. The quantitative estimate of drug-likeness (QED) is 0.515. The smallest absolute Gasteiger partial charge is 0.270 e. The molecule has 1 N–H and O–H groups in total. The second-order valence-corrected chi connectivity index (χ2v) is 9.51. The fraction of sp³-hybridized carbons (Fsp3) is 0.462. The molecular weight excluding hydrogens is 458 g/mol. The molecule has 1 aliphatic rings. The second-order valence-electron chi connectivity index (χ2n) is 9.51. The van der Waals surface area contributed by atoms with Gasteiger partial charge in [0, 0.05) is 36.8 Å². The number of piperidine rings is 1. The molecule has 0 unspecified atom stereocenters. The van der Waals surface area contributed by atoms with Crippen molar-refractivity contribution in [1.29, 1.82) is 0 Å². The number of hydrogen-bond acceptors (Lipinski definition) is 7. The van der Waals surface area contributed by atoms with Crippen LogP contribution in [0.4, 0.5) is 0 Å². The van der Waals surface area contributed by atoms with Crippen molar-refractivity contribution in [3.05, 3.63) is 53.3 Å². The zero-order valence-corrected chi connectivity index (χ0v) is 21.3. The van der Waals surface area contributed by atoms with E-state index in [4.69, 9.17) is 4.74 Å². The molecular formula is C26H33N7O3. The molecule has 10 nitrogen and oxygen atoms in total. The molecule has 0 aliphatic carbocycles. The number of rotatable bonds is 8. The molecule has 0 saturated carbocycles. The van der Waals surface area contributed by atoms with Crippen LogP contribution in [0.15, 0.2) is 36.4 Å². The van der Waals surface area contributed by atoms with Crippen molar-refractivity contribution in [2.45, 2.75) is 46.7 Å². The minimum atomic E-state index is -0.280. The third kappa shape index (κ3) is 6.24. The first kappa shape index (κ1) is 25.3. The van der Waals surface area contributed by atoms with Crippen LogP contribution in [-0.2, 0) is 17.9 Å². The fourth-order valence-electron chi connectivity index (χ4n) is 4.34. The van der Waals surface area contributed by atoms with Gasteiger partial charge in [-0.1, -0.05) is 26.0 Å². The van der Waals surface area contributed by atoms with Crippen molar-refractivity contribution in [3.63, 3.8) is 0 Å². The predicted molar refractivity (Wildman–Crippen MR) is 134 cm³/mol. The normalized spacial score (nSPS) is 14.2. The van der Waals surface area contributed by atoms with Crippen molar-refractivity contribution in [3.8, 4) is 17.1 Å². The van der Waals surface area contributed by atoms with E-state index in [0.717, 1.165) is 37.2 Å². The van der Waals surface area contributed by atoms with Crippen molar-refractivity contribution in [2.24, 2.45) is 11.8 Å². The lowest BCUT2D eigenvalue weighted by Crippen LogP contribution is -2.41. The van der Waals surface area contributed by atoms with Gasteiger partial charge in [-0.15, -0.1) is 10.2 Å². The number of nitrogens with zero attached hydrogens (tertiary/aromatic N) is 6. The van der Waals surface area contributed by atoms with Gasteiger partial charge in [-0.25, -0.2) is 4.98 Å². The number of hydrogen-bond donors (Lipinski definition) is 1. The third-order valence-electron chi connectivity index (χ3n) is 6.33. The molecule has 4 rings (SSSR count). The van der Waals surface area contributed by atoms with Crippen molar-refractivity contribution in [1.82, 2.24) is 35.4 Å². The Morgan fingerprint density at radius 3 is 2.67 bits per heavy atom. The number of likely N-dealkylation sites (tertiary alicyclic amines) is 1. The number of carbonyl (C=O) groups excluding carboxylic acids is 2. The zero-order valence-electron chi connectivity index (χ0n) is 21.3. The monoisotopic (exact) mass is 491 g/mol. The number of tetrazole rings is 1. The number of ether oxygens (including phenoxy) is 1. The summed E-state index contributed by atoms with van der Waals surface area (Å²) >= 11 is 0. The second kappa shape index (κ2) is 11.3. The van der Waals surface area contributed by atoms with E-state index in [9.17, 15) is 9.59 Å². The van der Waals surface area contributed by atoms with Gasteiger partial charge in [0.05, 0.1) is 13.7 Å². The highest BCUT2D eigenvalue weighted by Crippen LogP contribution is 2.21. The number of pyridine rings is 1.